The van der Waals surface area contributed by atoms with Crippen molar-refractivity contribution >= 4 is 23.3 Å². The monoisotopic (exact) mass is 311 g/mol. The highest BCUT2D eigenvalue weighted by Crippen LogP contribution is 2.15. The van der Waals surface area contributed by atoms with Gasteiger partial charge in [-0.15, -0.1) is 0 Å². The van der Waals surface area contributed by atoms with Crippen molar-refractivity contribution in [1.29, 1.82) is 0 Å². The molecule has 1 aromatic carbocycles. The summed E-state index contributed by atoms with van der Waals surface area (Å²) in [7, 11) is 1.72. The predicted octanol–water partition coefficient (Wildman–Crippen LogP) is 2.53. The molecule has 2 rings (SSSR count). The van der Waals surface area contributed by atoms with Crippen LogP contribution in [0.4, 0.5) is 10.5 Å². The lowest BCUT2D eigenvalue weighted by atomic mass is 10.3. The average molecular weight is 312 g/mol. The second-order valence-corrected chi connectivity index (χ2v) is 5.55. The van der Waals surface area contributed by atoms with Gasteiger partial charge in [-0.3, -0.25) is 4.90 Å². The quantitative estimate of drug-likeness (QED) is 0.850. The van der Waals surface area contributed by atoms with Crippen LogP contribution in [0, 0.1) is 0 Å². The maximum atomic E-state index is 12.2. The minimum Gasteiger partial charge on any atom is -0.385 e. The van der Waals surface area contributed by atoms with Crippen molar-refractivity contribution in [2.24, 2.45) is 0 Å². The van der Waals surface area contributed by atoms with Crippen LogP contribution in [0.2, 0.25) is 5.02 Å². The Morgan fingerprint density at radius 3 is 2.76 bits per heavy atom. The number of hydrogen-bond acceptors (Lipinski definition) is 3. The van der Waals surface area contributed by atoms with Gasteiger partial charge < -0.3 is 15.0 Å². The van der Waals surface area contributed by atoms with E-state index in [1.54, 1.807) is 19.2 Å². The van der Waals surface area contributed by atoms with Crippen LogP contribution in [-0.4, -0.2) is 62.3 Å². The molecule has 1 aliphatic heterocycles. The van der Waals surface area contributed by atoms with E-state index in [9.17, 15) is 4.79 Å². The van der Waals surface area contributed by atoms with Gasteiger partial charge in [0.1, 0.15) is 0 Å². The van der Waals surface area contributed by atoms with Crippen LogP contribution in [0.1, 0.15) is 6.42 Å². The fourth-order valence-electron chi connectivity index (χ4n) is 2.38. The lowest BCUT2D eigenvalue weighted by Crippen LogP contribution is -2.50. The van der Waals surface area contributed by atoms with Gasteiger partial charge in [0.25, 0.3) is 0 Å². The molecule has 0 spiro atoms. The zero-order valence-electron chi connectivity index (χ0n) is 12.3. The maximum Gasteiger partial charge on any atom is 0.321 e. The Kier molecular flexibility index (Phi) is 6.29. The van der Waals surface area contributed by atoms with Gasteiger partial charge in [-0.05, 0) is 24.6 Å². The zero-order chi connectivity index (χ0) is 15.1. The van der Waals surface area contributed by atoms with E-state index >= 15 is 0 Å². The Morgan fingerprint density at radius 1 is 1.33 bits per heavy atom. The molecule has 0 aromatic heterocycles. The number of nitrogens with one attached hydrogen (secondary N) is 1. The first kappa shape index (κ1) is 16.1. The SMILES string of the molecule is COCCCN1CCN(C(=O)Nc2cccc(Cl)c2)CC1. The van der Waals surface area contributed by atoms with Crippen molar-refractivity contribution in [3.05, 3.63) is 29.3 Å². The van der Waals surface area contributed by atoms with Crippen LogP contribution < -0.4 is 5.32 Å². The summed E-state index contributed by atoms with van der Waals surface area (Å²) in [6.45, 7) is 5.13. The van der Waals surface area contributed by atoms with Crippen LogP contribution in [0.25, 0.3) is 0 Å². The van der Waals surface area contributed by atoms with Crippen molar-refractivity contribution in [3.8, 4) is 0 Å². The highest BCUT2D eigenvalue weighted by molar-refractivity contribution is 6.30. The van der Waals surface area contributed by atoms with E-state index in [-0.39, 0.29) is 6.03 Å². The molecule has 0 bridgehead atoms. The highest BCUT2D eigenvalue weighted by atomic mass is 35.5. The second-order valence-electron chi connectivity index (χ2n) is 5.12. The maximum absolute atomic E-state index is 12.2. The number of anilines is 1. The number of benzene rings is 1. The number of carbonyl (C=O) groups excluding carboxylic acids is 1. The molecule has 1 aromatic rings. The van der Waals surface area contributed by atoms with E-state index in [0.29, 0.717) is 5.02 Å². The van der Waals surface area contributed by atoms with Crippen LogP contribution in [0.5, 0.6) is 0 Å². The number of ether oxygens (including phenoxy) is 1. The van der Waals surface area contributed by atoms with Gasteiger partial charge in [0, 0.05) is 57.2 Å². The Morgan fingerprint density at radius 2 is 2.10 bits per heavy atom. The van der Waals surface area contributed by atoms with E-state index in [2.05, 4.69) is 10.2 Å². The normalized spacial score (nSPS) is 16.0. The molecule has 1 heterocycles. The van der Waals surface area contributed by atoms with Crippen LogP contribution >= 0.6 is 11.6 Å². The number of piperazine rings is 1. The number of rotatable bonds is 5. The lowest BCUT2D eigenvalue weighted by molar-refractivity contribution is 0.130. The fourth-order valence-corrected chi connectivity index (χ4v) is 2.57. The summed E-state index contributed by atoms with van der Waals surface area (Å²) < 4.78 is 5.06. The summed E-state index contributed by atoms with van der Waals surface area (Å²) in [4.78, 5) is 16.4. The van der Waals surface area contributed by atoms with E-state index in [4.69, 9.17) is 16.3 Å². The van der Waals surface area contributed by atoms with Gasteiger partial charge in [0.15, 0.2) is 0 Å². The molecule has 0 aliphatic carbocycles. The summed E-state index contributed by atoms with van der Waals surface area (Å²) >= 11 is 5.91. The van der Waals surface area contributed by atoms with Crippen LogP contribution in [-0.2, 0) is 4.74 Å². The minimum absolute atomic E-state index is 0.0613. The van der Waals surface area contributed by atoms with Crippen molar-refractivity contribution in [1.82, 2.24) is 9.80 Å². The molecule has 21 heavy (non-hydrogen) atoms. The molecule has 1 aliphatic rings. The molecule has 0 atom stereocenters. The van der Waals surface area contributed by atoms with Gasteiger partial charge in [-0.2, -0.15) is 0 Å². The molecule has 5 nitrogen and oxygen atoms in total. The zero-order valence-corrected chi connectivity index (χ0v) is 13.1. The summed E-state index contributed by atoms with van der Waals surface area (Å²) in [5.74, 6) is 0. The summed E-state index contributed by atoms with van der Waals surface area (Å²) in [5.41, 5.74) is 0.732. The second kappa shape index (κ2) is 8.22. The Hall–Kier alpha value is -1.30. The van der Waals surface area contributed by atoms with Gasteiger partial charge in [0.2, 0.25) is 0 Å². The minimum atomic E-state index is -0.0613. The Labute approximate surface area is 130 Å². The van der Waals surface area contributed by atoms with E-state index < -0.39 is 0 Å². The number of halogens is 1. The summed E-state index contributed by atoms with van der Waals surface area (Å²) in [6.07, 6.45) is 1.03. The van der Waals surface area contributed by atoms with Crippen LogP contribution in [0.3, 0.4) is 0 Å². The number of carbonyl (C=O) groups is 1. The molecule has 1 saturated heterocycles. The van der Waals surface area contributed by atoms with Crippen molar-refractivity contribution < 1.29 is 9.53 Å². The largest absolute Gasteiger partial charge is 0.385 e. The Bertz CT molecular complexity index is 462. The highest BCUT2D eigenvalue weighted by Gasteiger charge is 2.20. The van der Waals surface area contributed by atoms with Gasteiger partial charge in [-0.25, -0.2) is 4.79 Å². The molecule has 1 N–H and O–H groups in total. The van der Waals surface area contributed by atoms with E-state index in [1.165, 1.54) is 0 Å². The van der Waals surface area contributed by atoms with Crippen molar-refractivity contribution in [2.45, 2.75) is 6.42 Å². The smallest absolute Gasteiger partial charge is 0.321 e. The van der Waals surface area contributed by atoms with Gasteiger partial charge >= 0.3 is 6.03 Å². The summed E-state index contributed by atoms with van der Waals surface area (Å²) in [6, 6.07) is 7.14. The molecule has 0 unspecified atom stereocenters. The number of amides is 2. The molecule has 6 heteroatoms. The van der Waals surface area contributed by atoms with E-state index in [1.807, 2.05) is 17.0 Å². The van der Waals surface area contributed by atoms with Crippen molar-refractivity contribution in [3.63, 3.8) is 0 Å². The molecular formula is C15H22ClN3O2. The van der Waals surface area contributed by atoms with Crippen LogP contribution in [0.15, 0.2) is 24.3 Å². The lowest BCUT2D eigenvalue weighted by Gasteiger charge is -2.34. The Balaban J connectivity index is 1.75. The third-order valence-corrected chi connectivity index (χ3v) is 3.79. The molecule has 116 valence electrons. The predicted molar refractivity (Wildman–Crippen MR) is 85.0 cm³/mol. The molecule has 0 radical (unpaired) electrons. The first-order valence-corrected chi connectivity index (χ1v) is 7.59. The standard InChI is InChI=1S/C15H22ClN3O2/c1-21-11-3-6-18-7-9-19(10-8-18)15(20)17-14-5-2-4-13(16)12-14/h2,4-5,12H,3,6-11H2,1H3,(H,17,20). The summed E-state index contributed by atoms with van der Waals surface area (Å²) in [5, 5.41) is 3.50. The molecule has 1 fully saturated rings. The number of hydrogen-bond donors (Lipinski definition) is 1. The molecule has 0 saturated carbocycles. The fraction of sp³-hybridized carbons (Fsp3) is 0.533. The van der Waals surface area contributed by atoms with Gasteiger partial charge in [-0.1, -0.05) is 17.7 Å². The first-order valence-electron chi connectivity index (χ1n) is 7.22. The molecule has 2 amide bonds. The third-order valence-electron chi connectivity index (χ3n) is 3.56. The van der Waals surface area contributed by atoms with E-state index in [0.717, 1.165) is 51.4 Å². The van der Waals surface area contributed by atoms with Gasteiger partial charge in [0.05, 0.1) is 0 Å². The third kappa shape index (κ3) is 5.19. The number of nitrogens with zero attached hydrogens (tertiary/aromatic N) is 2. The number of methoxy groups -OCH3 is 1. The first-order chi connectivity index (χ1) is 10.2. The topological polar surface area (TPSA) is 44.8 Å². The number of urea groups is 1. The van der Waals surface area contributed by atoms with Crippen molar-refractivity contribution in [2.75, 3.05) is 51.8 Å². The molecular weight excluding hydrogens is 290 g/mol. The average Bonchev–Trinajstić information content (AvgIpc) is 2.48.